The highest BCUT2D eigenvalue weighted by Gasteiger charge is 2.31. The fraction of sp³-hybridized carbons (Fsp3) is 0.898. The molecule has 0 aliphatic carbocycles. The minimum atomic E-state index is -0.874. The van der Waals surface area contributed by atoms with Crippen LogP contribution in [0.2, 0.25) is 0 Å². The van der Waals surface area contributed by atoms with Crippen LogP contribution < -0.4 is 0 Å². The number of ether oxygens (including phenoxy) is 3. The molecule has 2 atom stereocenters. The molecule has 1 N–H and O–H groups in total. The predicted molar refractivity (Wildman–Crippen MR) is 239 cm³/mol. The second-order valence-corrected chi connectivity index (χ2v) is 17.7. The first kappa shape index (κ1) is 55.1. The van der Waals surface area contributed by atoms with Crippen molar-refractivity contribution in [3.63, 3.8) is 0 Å². The number of carbonyl (C=O) groups excluding carboxylic acids is 2. The van der Waals surface area contributed by atoms with Gasteiger partial charge in [0, 0.05) is 19.3 Å². The van der Waals surface area contributed by atoms with Gasteiger partial charge in [0.2, 0.25) is 0 Å². The van der Waals surface area contributed by atoms with Gasteiger partial charge in [-0.15, -0.1) is 0 Å². The number of unbranched alkanes of at least 4 members (excludes halogenated alkanes) is 28. The number of nitrogens with zero attached hydrogens (tertiary/aromatic N) is 1. The fourth-order valence-electron chi connectivity index (χ4n) is 7.38. The number of rotatable bonds is 44. The lowest BCUT2D eigenvalue weighted by atomic mass is 10.0. The number of likely N-dealkylation sites (N-methyl/N-ethyl adjacent to an activating group) is 1. The molecule has 0 heterocycles. The van der Waals surface area contributed by atoms with Gasteiger partial charge in [-0.25, -0.2) is 4.79 Å². The van der Waals surface area contributed by atoms with Gasteiger partial charge in [0.25, 0.3) is 0 Å². The van der Waals surface area contributed by atoms with Crippen LogP contribution >= 0.6 is 0 Å². The monoisotopic (exact) mass is 809 g/mol. The predicted octanol–water partition coefficient (Wildman–Crippen LogP) is 13.5. The van der Waals surface area contributed by atoms with Gasteiger partial charge in [-0.05, 0) is 38.5 Å². The lowest BCUT2D eigenvalue weighted by Crippen LogP contribution is -2.50. The summed E-state index contributed by atoms with van der Waals surface area (Å²) in [5.41, 5.74) is 0. The third kappa shape index (κ3) is 39.3. The third-order valence-corrected chi connectivity index (χ3v) is 11.2. The molecule has 0 aromatic rings. The lowest BCUT2D eigenvalue weighted by Gasteiger charge is -2.31. The van der Waals surface area contributed by atoms with E-state index < -0.39 is 18.1 Å². The molecule has 0 aliphatic heterocycles. The molecule has 0 aliphatic rings. The van der Waals surface area contributed by atoms with E-state index in [4.69, 9.17) is 14.2 Å². The van der Waals surface area contributed by atoms with Gasteiger partial charge in [0.15, 0.2) is 12.1 Å². The van der Waals surface area contributed by atoms with Gasteiger partial charge >= 0.3 is 17.9 Å². The van der Waals surface area contributed by atoms with E-state index in [9.17, 15) is 19.5 Å². The number of aliphatic carboxylic acids is 1. The van der Waals surface area contributed by atoms with E-state index in [1.807, 2.05) is 21.1 Å². The zero-order valence-corrected chi connectivity index (χ0v) is 38.3. The molecular weight excluding hydrogens is 715 g/mol. The average molecular weight is 809 g/mol. The summed E-state index contributed by atoms with van der Waals surface area (Å²) >= 11 is 0. The third-order valence-electron chi connectivity index (χ3n) is 11.2. The number of allylic oxidation sites excluding steroid dienone is 2. The Bertz CT molecular complexity index is 947. The maximum Gasteiger partial charge on any atom is 0.362 e. The highest BCUT2D eigenvalue weighted by atomic mass is 16.6. The Kier molecular flexibility index (Phi) is 39.4. The van der Waals surface area contributed by atoms with Crippen LogP contribution in [0.5, 0.6) is 0 Å². The summed E-state index contributed by atoms with van der Waals surface area (Å²) in [6.45, 7) is 4.75. The van der Waals surface area contributed by atoms with Crippen LogP contribution in [0, 0.1) is 0 Å². The molecular formula is C49H94NO7+. The summed E-state index contributed by atoms with van der Waals surface area (Å²) in [7, 11) is 5.53. The summed E-state index contributed by atoms with van der Waals surface area (Å²) in [5.74, 6) is -1.47. The second kappa shape index (κ2) is 40.8. The molecule has 0 fully saturated rings. The number of hydrogen-bond acceptors (Lipinski definition) is 6. The molecule has 8 nitrogen and oxygen atoms in total. The van der Waals surface area contributed by atoms with Crippen molar-refractivity contribution in [2.24, 2.45) is 0 Å². The number of esters is 2. The SMILES string of the molecule is CCCCCCCC/C=C/CCCCCC(=O)OC(COCCC(C(=O)O)[N+](C)(C)C)COC(=O)CCCCCCCCCCCCCCCCCCCCCC. The minimum Gasteiger partial charge on any atom is -0.477 e. The number of quaternary nitrogens is 1. The maximum atomic E-state index is 12.7. The molecule has 0 aromatic heterocycles. The van der Waals surface area contributed by atoms with Gasteiger partial charge in [-0.2, -0.15) is 0 Å². The van der Waals surface area contributed by atoms with E-state index in [1.54, 1.807) is 0 Å². The van der Waals surface area contributed by atoms with Crippen LogP contribution in [0.15, 0.2) is 12.2 Å². The second-order valence-electron chi connectivity index (χ2n) is 17.7. The topological polar surface area (TPSA) is 99.1 Å². The van der Waals surface area contributed by atoms with Crippen molar-refractivity contribution in [3.05, 3.63) is 12.2 Å². The van der Waals surface area contributed by atoms with Gasteiger partial charge < -0.3 is 23.8 Å². The Labute approximate surface area is 352 Å². The van der Waals surface area contributed by atoms with Crippen LogP contribution in [0.1, 0.15) is 232 Å². The van der Waals surface area contributed by atoms with Crippen LogP contribution in [-0.4, -0.2) is 80.6 Å². The van der Waals surface area contributed by atoms with E-state index in [1.165, 1.54) is 148 Å². The van der Waals surface area contributed by atoms with E-state index in [0.29, 0.717) is 19.3 Å². The first-order valence-electron chi connectivity index (χ1n) is 24.2. The first-order valence-corrected chi connectivity index (χ1v) is 24.2. The Morgan fingerprint density at radius 3 is 1.28 bits per heavy atom. The molecule has 8 heteroatoms. The lowest BCUT2D eigenvalue weighted by molar-refractivity contribution is -0.887. The van der Waals surface area contributed by atoms with Crippen LogP contribution in [0.25, 0.3) is 0 Å². The zero-order valence-electron chi connectivity index (χ0n) is 38.3. The molecule has 2 unspecified atom stereocenters. The number of carbonyl (C=O) groups is 3. The van der Waals surface area contributed by atoms with Gasteiger partial charge in [0.1, 0.15) is 6.61 Å². The molecule has 0 radical (unpaired) electrons. The van der Waals surface area contributed by atoms with Crippen molar-refractivity contribution in [1.82, 2.24) is 0 Å². The largest absolute Gasteiger partial charge is 0.477 e. The Balaban J connectivity index is 4.21. The average Bonchev–Trinajstić information content (AvgIpc) is 3.17. The number of carboxylic acid groups (broad SMARTS) is 1. The Morgan fingerprint density at radius 2 is 0.877 bits per heavy atom. The summed E-state index contributed by atoms with van der Waals surface area (Å²) < 4.78 is 17.3. The summed E-state index contributed by atoms with van der Waals surface area (Å²) in [4.78, 5) is 37.0. The van der Waals surface area contributed by atoms with Crippen LogP contribution in [0.3, 0.4) is 0 Å². The molecule has 336 valence electrons. The first-order chi connectivity index (χ1) is 27.6. The van der Waals surface area contributed by atoms with Crippen molar-refractivity contribution in [2.75, 3.05) is 41.0 Å². The molecule has 57 heavy (non-hydrogen) atoms. The molecule has 0 bridgehead atoms. The summed E-state index contributed by atoms with van der Waals surface area (Å²) in [6, 6.07) is -0.613. The van der Waals surface area contributed by atoms with Crippen LogP contribution in [0.4, 0.5) is 0 Å². The molecule has 0 amide bonds. The van der Waals surface area contributed by atoms with Crippen molar-refractivity contribution in [3.8, 4) is 0 Å². The van der Waals surface area contributed by atoms with Gasteiger partial charge in [0.05, 0.1) is 34.4 Å². The highest BCUT2D eigenvalue weighted by Crippen LogP contribution is 2.16. The zero-order chi connectivity index (χ0) is 42.1. The summed E-state index contributed by atoms with van der Waals surface area (Å²) in [6.07, 6.45) is 44.0. The van der Waals surface area contributed by atoms with E-state index in [2.05, 4.69) is 26.0 Å². The molecule has 0 spiro atoms. The minimum absolute atomic E-state index is 0.0507. The molecule has 0 saturated carbocycles. The number of carboxylic acids is 1. The van der Waals surface area contributed by atoms with E-state index in [-0.39, 0.29) is 36.2 Å². The molecule has 0 rings (SSSR count). The van der Waals surface area contributed by atoms with E-state index >= 15 is 0 Å². The van der Waals surface area contributed by atoms with Gasteiger partial charge in [-0.3, -0.25) is 9.59 Å². The highest BCUT2D eigenvalue weighted by molar-refractivity contribution is 5.72. The quantitative estimate of drug-likeness (QED) is 0.0283. The van der Waals surface area contributed by atoms with E-state index in [0.717, 1.165) is 51.4 Å². The fourth-order valence-corrected chi connectivity index (χ4v) is 7.38. The maximum absolute atomic E-state index is 12.7. The van der Waals surface area contributed by atoms with Crippen molar-refractivity contribution in [2.45, 2.75) is 244 Å². The van der Waals surface area contributed by atoms with Crippen molar-refractivity contribution in [1.29, 1.82) is 0 Å². The standard InChI is InChI=1S/C49H93NO7/c1-6-8-10-12-14-16-18-20-21-22-23-24-25-26-28-29-31-33-35-37-39-47(51)56-44-45(43-55-42-41-46(49(53)54)50(3,4)5)57-48(52)40-38-36-34-32-30-27-19-17-15-13-11-9-7-2/h27,30,45-46H,6-26,28-29,31-44H2,1-5H3/p+1/b30-27+. The summed E-state index contributed by atoms with van der Waals surface area (Å²) in [5, 5.41) is 9.63. The molecule has 0 aromatic carbocycles. The normalized spacial score (nSPS) is 12.9. The van der Waals surface area contributed by atoms with Crippen LogP contribution in [-0.2, 0) is 28.6 Å². The van der Waals surface area contributed by atoms with Crippen molar-refractivity contribution < 1.29 is 38.2 Å². The molecule has 0 saturated heterocycles. The smallest absolute Gasteiger partial charge is 0.362 e. The van der Waals surface area contributed by atoms with Crippen molar-refractivity contribution >= 4 is 17.9 Å². The Hall–Kier alpha value is -1.93. The van der Waals surface area contributed by atoms with Gasteiger partial charge in [-0.1, -0.05) is 187 Å². The number of hydrogen-bond donors (Lipinski definition) is 1. The Morgan fingerprint density at radius 1 is 0.509 bits per heavy atom.